The van der Waals surface area contributed by atoms with Crippen LogP contribution in [0.15, 0.2) is 19.6 Å². The Kier molecular flexibility index (Phi) is 13.2. The van der Waals surface area contributed by atoms with Crippen LogP contribution in [0.25, 0.3) is 0 Å². The second-order valence-electron chi connectivity index (χ2n) is 8.94. The van der Waals surface area contributed by atoms with Crippen LogP contribution in [0.1, 0.15) is 114 Å². The molecule has 0 aromatic heterocycles. The van der Waals surface area contributed by atoms with E-state index in [4.69, 9.17) is 0 Å². The van der Waals surface area contributed by atoms with Crippen molar-refractivity contribution < 1.29 is 0 Å². The highest BCUT2D eigenvalue weighted by molar-refractivity contribution is 8.00. The van der Waals surface area contributed by atoms with Gasteiger partial charge in [0.1, 0.15) is 0 Å². The molecular weight excluding hydrogens is 481 g/mol. The van der Waals surface area contributed by atoms with Crippen molar-refractivity contribution in [2.45, 2.75) is 140 Å². The van der Waals surface area contributed by atoms with Gasteiger partial charge in [0.2, 0.25) is 0 Å². The van der Waals surface area contributed by atoms with Crippen LogP contribution < -0.4 is 0 Å². The van der Waals surface area contributed by atoms with Crippen LogP contribution in [0.3, 0.4) is 0 Å². The molecule has 0 bridgehead atoms. The molecular formula is C32H50S3. The Hall–Kier alpha value is -0.510. The average molecular weight is 531 g/mol. The van der Waals surface area contributed by atoms with E-state index in [1.807, 2.05) is 0 Å². The van der Waals surface area contributed by atoms with E-state index in [0.717, 1.165) is 62.9 Å². The van der Waals surface area contributed by atoms with E-state index in [1.54, 1.807) is 64.1 Å². The molecule has 0 spiro atoms. The molecule has 0 fully saturated rings. The second kappa shape index (κ2) is 15.0. The van der Waals surface area contributed by atoms with Crippen LogP contribution in [0, 0.1) is 0 Å². The van der Waals surface area contributed by atoms with Crippen LogP contribution in [-0.2, 0) is 51.4 Å². The van der Waals surface area contributed by atoms with Crippen molar-refractivity contribution in [1.82, 2.24) is 0 Å². The fraction of sp³-hybridized carbons (Fsp3) is 0.625. The topological polar surface area (TPSA) is 0 Å². The fourth-order valence-electron chi connectivity index (χ4n) is 5.80. The van der Waals surface area contributed by atoms with E-state index in [1.165, 1.54) is 0 Å². The minimum absolute atomic E-state index is 1.12. The van der Waals surface area contributed by atoms with E-state index < -0.39 is 0 Å². The van der Waals surface area contributed by atoms with Crippen molar-refractivity contribution in [3.05, 3.63) is 44.5 Å². The zero-order valence-corrected chi connectivity index (χ0v) is 26.7. The molecule has 0 atom stereocenters. The molecule has 0 aliphatic heterocycles. The van der Waals surface area contributed by atoms with E-state index >= 15 is 0 Å². The maximum atomic E-state index is 2.38. The molecule has 2 rings (SSSR count). The smallest absolute Gasteiger partial charge is 0.0192 e. The van der Waals surface area contributed by atoms with Crippen LogP contribution in [0.2, 0.25) is 0 Å². The molecule has 0 amide bonds. The predicted molar refractivity (Wildman–Crippen MR) is 165 cm³/mol. The molecule has 0 saturated heterocycles. The number of rotatable bonds is 14. The zero-order chi connectivity index (χ0) is 26.1. The Bertz CT molecular complexity index is 842. The highest BCUT2D eigenvalue weighted by Gasteiger charge is 2.26. The molecule has 2 aromatic carbocycles. The molecule has 35 heavy (non-hydrogen) atoms. The summed E-state index contributed by atoms with van der Waals surface area (Å²) < 4.78 is 0. The maximum absolute atomic E-state index is 2.38. The van der Waals surface area contributed by atoms with Gasteiger partial charge < -0.3 is 0 Å². The fourth-order valence-corrected chi connectivity index (χ4v) is 9.91. The summed E-state index contributed by atoms with van der Waals surface area (Å²) in [5.41, 5.74) is 13.0. The van der Waals surface area contributed by atoms with Gasteiger partial charge in [0.05, 0.1) is 0 Å². The molecule has 0 N–H and O–H groups in total. The molecule has 0 saturated carbocycles. The van der Waals surface area contributed by atoms with Gasteiger partial charge in [-0.2, -0.15) is 0 Å². The SMILES string of the molecule is CCSc1c(CC)c(CC)c(Sc2c(CC)c(CC)c(SCC)c(CC)c2CC)c(CC)c1CC. The van der Waals surface area contributed by atoms with Gasteiger partial charge in [0.25, 0.3) is 0 Å². The van der Waals surface area contributed by atoms with Crippen LogP contribution in [-0.4, -0.2) is 11.5 Å². The van der Waals surface area contributed by atoms with Gasteiger partial charge in [-0.25, -0.2) is 0 Å². The molecule has 0 heterocycles. The van der Waals surface area contributed by atoms with Gasteiger partial charge in [-0.05, 0) is 107 Å². The Morgan fingerprint density at radius 3 is 0.686 bits per heavy atom. The van der Waals surface area contributed by atoms with E-state index in [9.17, 15) is 0 Å². The molecule has 3 heteroatoms. The molecule has 0 aliphatic carbocycles. The van der Waals surface area contributed by atoms with Crippen molar-refractivity contribution in [3.63, 3.8) is 0 Å². The largest absolute Gasteiger partial charge is 0.126 e. The maximum Gasteiger partial charge on any atom is 0.0192 e. The third-order valence-electron chi connectivity index (χ3n) is 7.26. The summed E-state index contributed by atoms with van der Waals surface area (Å²) in [7, 11) is 0. The lowest BCUT2D eigenvalue weighted by atomic mass is 9.92. The number of thioether (sulfide) groups is 2. The van der Waals surface area contributed by atoms with Gasteiger partial charge in [-0.15, -0.1) is 23.5 Å². The van der Waals surface area contributed by atoms with Crippen LogP contribution in [0.4, 0.5) is 0 Å². The van der Waals surface area contributed by atoms with Crippen molar-refractivity contribution in [1.29, 1.82) is 0 Å². The third-order valence-corrected chi connectivity index (χ3v) is 10.8. The van der Waals surface area contributed by atoms with E-state index in [0.29, 0.717) is 0 Å². The van der Waals surface area contributed by atoms with Gasteiger partial charge in [-0.3, -0.25) is 0 Å². The van der Waals surface area contributed by atoms with Crippen LogP contribution in [0.5, 0.6) is 0 Å². The summed E-state index contributed by atoms with van der Waals surface area (Å²) in [6.45, 7) is 23.6. The normalized spacial score (nSPS) is 11.5. The highest BCUT2D eigenvalue weighted by Crippen LogP contribution is 2.48. The summed E-state index contributed by atoms with van der Waals surface area (Å²) in [5.74, 6) is 2.30. The lowest BCUT2D eigenvalue weighted by molar-refractivity contribution is 0.863. The van der Waals surface area contributed by atoms with Gasteiger partial charge in [0.15, 0.2) is 0 Å². The molecule has 0 radical (unpaired) electrons. The monoisotopic (exact) mass is 530 g/mol. The van der Waals surface area contributed by atoms with Gasteiger partial charge in [0, 0.05) is 19.6 Å². The van der Waals surface area contributed by atoms with Crippen molar-refractivity contribution in [3.8, 4) is 0 Å². The van der Waals surface area contributed by atoms with Crippen molar-refractivity contribution in [2.24, 2.45) is 0 Å². The first-order valence-electron chi connectivity index (χ1n) is 14.3. The second-order valence-corrected chi connectivity index (χ2v) is 12.5. The molecule has 0 aliphatic rings. The number of hydrogen-bond donors (Lipinski definition) is 0. The summed E-state index contributed by atoms with van der Waals surface area (Å²) in [6, 6.07) is 0. The predicted octanol–water partition coefficient (Wildman–Crippen LogP) is 10.6. The summed E-state index contributed by atoms with van der Waals surface area (Å²) in [5, 5.41) is 0. The Morgan fingerprint density at radius 1 is 0.314 bits per heavy atom. The van der Waals surface area contributed by atoms with Crippen molar-refractivity contribution >= 4 is 35.3 Å². The van der Waals surface area contributed by atoms with Gasteiger partial charge in [-0.1, -0.05) is 81.0 Å². The first-order valence-corrected chi connectivity index (χ1v) is 17.1. The number of hydrogen-bond acceptors (Lipinski definition) is 3. The Labute approximate surface area is 230 Å². The van der Waals surface area contributed by atoms with Gasteiger partial charge >= 0.3 is 0 Å². The quantitative estimate of drug-likeness (QED) is 0.223. The zero-order valence-electron chi connectivity index (χ0n) is 24.3. The Morgan fingerprint density at radius 2 is 0.514 bits per heavy atom. The average Bonchev–Trinajstić information content (AvgIpc) is 2.88. The van der Waals surface area contributed by atoms with E-state index in [-0.39, 0.29) is 0 Å². The first kappa shape index (κ1) is 30.7. The lowest BCUT2D eigenvalue weighted by Crippen LogP contribution is -2.10. The Balaban J connectivity index is 3.00. The first-order chi connectivity index (χ1) is 17.0. The molecule has 196 valence electrons. The third kappa shape index (κ3) is 6.15. The summed E-state index contributed by atoms with van der Waals surface area (Å²) in [6.07, 6.45) is 8.99. The molecule has 0 nitrogen and oxygen atoms in total. The van der Waals surface area contributed by atoms with E-state index in [2.05, 4.69) is 105 Å². The standard InChI is InChI=1S/C32H50S3/c1-11-21-25(15-5)31(26(16-6)22(12-2)29(21)33-19-9)35-32-27(17-7)23(13-3)30(34-20-10)24(14-4)28(32)18-8/h11-20H2,1-10H3. The van der Waals surface area contributed by atoms with Crippen LogP contribution >= 0.6 is 35.3 Å². The molecule has 2 aromatic rings. The summed E-state index contributed by atoms with van der Waals surface area (Å²) in [4.78, 5) is 6.38. The minimum atomic E-state index is 1.12. The minimum Gasteiger partial charge on any atom is -0.126 e. The number of benzene rings is 2. The molecule has 0 unspecified atom stereocenters. The highest BCUT2D eigenvalue weighted by atomic mass is 32.2. The lowest BCUT2D eigenvalue weighted by Gasteiger charge is -2.28. The van der Waals surface area contributed by atoms with Crippen molar-refractivity contribution in [2.75, 3.05) is 11.5 Å². The summed E-state index contributed by atoms with van der Waals surface area (Å²) >= 11 is 6.29.